The zero-order chi connectivity index (χ0) is 17.4. The number of nitrogens with zero attached hydrogens (tertiary/aromatic N) is 1. The molecule has 1 aromatic heterocycles. The number of fused-ring (bicyclic) bond motifs is 1. The first kappa shape index (κ1) is 15.1. The molecule has 0 saturated heterocycles. The molecule has 25 heavy (non-hydrogen) atoms. The lowest BCUT2D eigenvalue weighted by molar-refractivity contribution is -0.384. The molecule has 0 atom stereocenters. The van der Waals surface area contributed by atoms with Crippen molar-refractivity contribution < 1.29 is 9.34 Å². The van der Waals surface area contributed by atoms with Gasteiger partial charge in [-0.2, -0.15) is 0 Å². The molecular formula is C21H15NO3. The predicted octanol–water partition coefficient (Wildman–Crippen LogP) is 5.98. The van der Waals surface area contributed by atoms with Gasteiger partial charge in [0.25, 0.3) is 5.69 Å². The molecule has 0 amide bonds. The highest BCUT2D eigenvalue weighted by atomic mass is 16.6. The summed E-state index contributed by atoms with van der Waals surface area (Å²) in [5.74, 6) is 0.856. The Morgan fingerprint density at radius 1 is 0.840 bits per heavy atom. The van der Waals surface area contributed by atoms with Gasteiger partial charge in [0, 0.05) is 17.5 Å². The molecule has 0 aliphatic rings. The Morgan fingerprint density at radius 3 is 2.16 bits per heavy atom. The van der Waals surface area contributed by atoms with Crippen molar-refractivity contribution in [2.75, 3.05) is 0 Å². The number of non-ortho nitro benzene ring substituents is 1. The predicted molar refractivity (Wildman–Crippen MR) is 98.5 cm³/mol. The summed E-state index contributed by atoms with van der Waals surface area (Å²) in [6.07, 6.45) is 0. The minimum Gasteiger partial charge on any atom is -0.461 e. The van der Waals surface area contributed by atoms with Gasteiger partial charge >= 0.3 is 0 Å². The molecule has 4 heteroatoms. The van der Waals surface area contributed by atoms with Crippen LogP contribution in [0.25, 0.3) is 33.2 Å². The number of hydrogen-bond acceptors (Lipinski definition) is 3. The van der Waals surface area contributed by atoms with E-state index >= 15 is 0 Å². The van der Waals surface area contributed by atoms with Crippen LogP contribution in [0.15, 0.2) is 77.2 Å². The van der Waals surface area contributed by atoms with Crippen LogP contribution >= 0.6 is 0 Å². The van der Waals surface area contributed by atoms with Crippen molar-refractivity contribution in [3.8, 4) is 22.3 Å². The van der Waals surface area contributed by atoms with Crippen LogP contribution in [0, 0.1) is 17.0 Å². The van der Waals surface area contributed by atoms with Gasteiger partial charge in [-0.1, -0.05) is 30.3 Å². The van der Waals surface area contributed by atoms with E-state index in [1.54, 1.807) is 12.1 Å². The second kappa shape index (κ2) is 5.91. The molecule has 0 fully saturated rings. The molecule has 3 aromatic carbocycles. The molecular weight excluding hydrogens is 314 g/mol. The average molecular weight is 329 g/mol. The van der Waals surface area contributed by atoms with Crippen molar-refractivity contribution in [2.24, 2.45) is 0 Å². The van der Waals surface area contributed by atoms with E-state index in [0.717, 1.165) is 39.0 Å². The second-order valence-electron chi connectivity index (χ2n) is 5.96. The Kier molecular flexibility index (Phi) is 3.58. The quantitative estimate of drug-likeness (QED) is 0.343. The number of furan rings is 1. The lowest BCUT2D eigenvalue weighted by Crippen LogP contribution is -1.89. The zero-order valence-corrected chi connectivity index (χ0v) is 13.6. The second-order valence-corrected chi connectivity index (χ2v) is 5.96. The third kappa shape index (κ3) is 2.78. The van der Waals surface area contributed by atoms with Gasteiger partial charge in [0.15, 0.2) is 0 Å². The van der Waals surface area contributed by atoms with E-state index in [1.165, 1.54) is 12.1 Å². The SMILES string of the molecule is Cc1cc2cc(-c3ccc([N+](=O)[O-])cc3)c(-c3ccccc3)cc2o1. The lowest BCUT2D eigenvalue weighted by atomic mass is 9.93. The maximum Gasteiger partial charge on any atom is 0.269 e. The summed E-state index contributed by atoms with van der Waals surface area (Å²) >= 11 is 0. The number of rotatable bonds is 3. The van der Waals surface area contributed by atoms with Crippen LogP contribution in [0.4, 0.5) is 5.69 Å². The number of hydrogen-bond donors (Lipinski definition) is 0. The third-order valence-corrected chi connectivity index (χ3v) is 4.25. The highest BCUT2D eigenvalue weighted by Crippen LogP contribution is 2.37. The first-order valence-corrected chi connectivity index (χ1v) is 7.96. The van der Waals surface area contributed by atoms with E-state index in [0.29, 0.717) is 0 Å². The fourth-order valence-corrected chi connectivity index (χ4v) is 3.08. The van der Waals surface area contributed by atoms with Crippen LogP contribution in [0.3, 0.4) is 0 Å². The third-order valence-electron chi connectivity index (χ3n) is 4.25. The van der Waals surface area contributed by atoms with Crippen LogP contribution in [0.2, 0.25) is 0 Å². The van der Waals surface area contributed by atoms with E-state index in [-0.39, 0.29) is 10.6 Å². The van der Waals surface area contributed by atoms with Gasteiger partial charge in [-0.25, -0.2) is 0 Å². The van der Waals surface area contributed by atoms with Crippen molar-refractivity contribution in [3.05, 3.63) is 88.7 Å². The molecule has 4 nitrogen and oxygen atoms in total. The van der Waals surface area contributed by atoms with Crippen molar-refractivity contribution in [1.29, 1.82) is 0 Å². The Bertz CT molecular complexity index is 1060. The maximum absolute atomic E-state index is 10.9. The molecule has 122 valence electrons. The van der Waals surface area contributed by atoms with E-state index in [4.69, 9.17) is 4.42 Å². The Hall–Kier alpha value is -3.40. The minimum atomic E-state index is -0.384. The first-order valence-electron chi connectivity index (χ1n) is 7.96. The van der Waals surface area contributed by atoms with Gasteiger partial charge in [-0.3, -0.25) is 10.1 Å². The monoisotopic (exact) mass is 329 g/mol. The van der Waals surface area contributed by atoms with E-state index < -0.39 is 0 Å². The number of benzene rings is 3. The van der Waals surface area contributed by atoms with Gasteiger partial charge in [0.2, 0.25) is 0 Å². The molecule has 0 saturated carbocycles. The summed E-state index contributed by atoms with van der Waals surface area (Å²) in [5.41, 5.74) is 5.00. The molecule has 4 rings (SSSR count). The topological polar surface area (TPSA) is 56.3 Å². The van der Waals surface area contributed by atoms with E-state index in [1.807, 2.05) is 49.4 Å². The molecule has 0 aliphatic heterocycles. The van der Waals surface area contributed by atoms with Gasteiger partial charge in [0.05, 0.1) is 4.92 Å². The fraction of sp³-hybridized carbons (Fsp3) is 0.0476. The van der Waals surface area contributed by atoms with Crippen molar-refractivity contribution in [3.63, 3.8) is 0 Å². The summed E-state index contributed by atoms with van der Waals surface area (Å²) in [5, 5.41) is 11.9. The van der Waals surface area contributed by atoms with E-state index in [9.17, 15) is 10.1 Å². The number of nitro groups is 1. The highest BCUT2D eigenvalue weighted by Gasteiger charge is 2.13. The summed E-state index contributed by atoms with van der Waals surface area (Å²) in [4.78, 5) is 10.5. The van der Waals surface area contributed by atoms with Crippen molar-refractivity contribution in [1.82, 2.24) is 0 Å². The lowest BCUT2D eigenvalue weighted by Gasteiger charge is -2.10. The van der Waals surface area contributed by atoms with Crippen LogP contribution in [0.1, 0.15) is 5.76 Å². The zero-order valence-electron chi connectivity index (χ0n) is 13.6. The molecule has 0 radical (unpaired) electrons. The van der Waals surface area contributed by atoms with Gasteiger partial charge in [-0.15, -0.1) is 0 Å². The van der Waals surface area contributed by atoms with Crippen LogP contribution in [0.5, 0.6) is 0 Å². The average Bonchev–Trinajstić information content (AvgIpc) is 3.00. The van der Waals surface area contributed by atoms with Gasteiger partial charge in [-0.05, 0) is 59.5 Å². The summed E-state index contributed by atoms with van der Waals surface area (Å²) in [7, 11) is 0. The summed E-state index contributed by atoms with van der Waals surface area (Å²) in [6, 6.07) is 22.8. The Balaban J connectivity index is 1.95. The summed E-state index contributed by atoms with van der Waals surface area (Å²) < 4.78 is 5.78. The van der Waals surface area contributed by atoms with E-state index in [2.05, 4.69) is 6.07 Å². The molecule has 0 aliphatic carbocycles. The molecule has 0 unspecified atom stereocenters. The Labute approximate surface area is 144 Å². The normalized spacial score (nSPS) is 10.9. The Morgan fingerprint density at radius 2 is 1.48 bits per heavy atom. The molecule has 1 heterocycles. The molecule has 0 spiro atoms. The van der Waals surface area contributed by atoms with Crippen LogP contribution < -0.4 is 0 Å². The molecule has 0 bridgehead atoms. The molecule has 4 aromatic rings. The van der Waals surface area contributed by atoms with Crippen molar-refractivity contribution in [2.45, 2.75) is 6.92 Å². The number of nitro benzene ring substituents is 1. The van der Waals surface area contributed by atoms with Gasteiger partial charge in [0.1, 0.15) is 11.3 Å². The van der Waals surface area contributed by atoms with Crippen molar-refractivity contribution >= 4 is 16.7 Å². The molecule has 0 N–H and O–H groups in total. The van der Waals surface area contributed by atoms with Crippen LogP contribution in [-0.2, 0) is 0 Å². The summed E-state index contributed by atoms with van der Waals surface area (Å²) in [6.45, 7) is 1.92. The standard InChI is InChI=1S/C21H15NO3/c1-14-11-17-12-19(16-7-9-18(10-8-16)22(23)24)20(13-21(17)25-14)15-5-3-2-4-6-15/h2-13H,1H3. The smallest absolute Gasteiger partial charge is 0.269 e. The number of aryl methyl sites for hydroxylation is 1. The van der Waals surface area contributed by atoms with Gasteiger partial charge < -0.3 is 4.42 Å². The largest absolute Gasteiger partial charge is 0.461 e. The van der Waals surface area contributed by atoms with Crippen LogP contribution in [-0.4, -0.2) is 4.92 Å². The minimum absolute atomic E-state index is 0.0882. The first-order chi connectivity index (χ1) is 12.1. The highest BCUT2D eigenvalue weighted by molar-refractivity contribution is 5.94. The fourth-order valence-electron chi connectivity index (χ4n) is 3.08. The maximum atomic E-state index is 10.9.